The van der Waals surface area contributed by atoms with Gasteiger partial charge >= 0.3 is 6.03 Å². The minimum Gasteiger partial charge on any atom is -0.308 e. The average Bonchev–Trinajstić information content (AvgIpc) is 3.01. The van der Waals surface area contributed by atoms with Crippen LogP contribution >= 0.6 is 0 Å². The highest BCUT2D eigenvalue weighted by Gasteiger charge is 2.29. The van der Waals surface area contributed by atoms with Gasteiger partial charge in [0, 0.05) is 18.3 Å². The number of hydrogen-bond acceptors (Lipinski definition) is 3. The third-order valence-electron chi connectivity index (χ3n) is 4.17. The van der Waals surface area contributed by atoms with Gasteiger partial charge in [-0.1, -0.05) is 13.0 Å². The van der Waals surface area contributed by atoms with Crippen molar-refractivity contribution < 1.29 is 22.0 Å². The van der Waals surface area contributed by atoms with Gasteiger partial charge in [-0.3, -0.25) is 4.31 Å². The van der Waals surface area contributed by atoms with Crippen LogP contribution in [-0.4, -0.2) is 26.7 Å². The summed E-state index contributed by atoms with van der Waals surface area (Å²) in [5.41, 5.74) is 1.62. The molecule has 1 aliphatic rings. The van der Waals surface area contributed by atoms with Crippen LogP contribution in [0.15, 0.2) is 36.4 Å². The summed E-state index contributed by atoms with van der Waals surface area (Å²) in [5.74, 6) is -1.59. The Labute approximate surface area is 156 Å². The fraction of sp³-hybridized carbons (Fsp3) is 0.278. The Kier molecular flexibility index (Phi) is 5.31. The number of fused-ring (bicyclic) bond motifs is 1. The lowest BCUT2D eigenvalue weighted by Gasteiger charge is -2.19. The molecule has 0 spiro atoms. The summed E-state index contributed by atoms with van der Waals surface area (Å²) >= 11 is 0. The zero-order chi connectivity index (χ0) is 19.6. The fourth-order valence-electron chi connectivity index (χ4n) is 2.96. The zero-order valence-corrected chi connectivity index (χ0v) is 15.4. The number of nitrogens with one attached hydrogen (secondary N) is 2. The van der Waals surface area contributed by atoms with E-state index in [0.717, 1.165) is 17.7 Å². The van der Waals surface area contributed by atoms with E-state index in [4.69, 9.17) is 0 Å². The first-order chi connectivity index (χ1) is 12.8. The number of urea groups is 1. The molecule has 1 aliphatic heterocycles. The fourth-order valence-corrected chi connectivity index (χ4v) is 4.54. The molecule has 27 heavy (non-hydrogen) atoms. The molecule has 0 aromatic heterocycles. The first-order valence-electron chi connectivity index (χ1n) is 8.46. The van der Waals surface area contributed by atoms with Gasteiger partial charge in [0.1, 0.15) is 11.6 Å². The highest BCUT2D eigenvalue weighted by Crippen LogP contribution is 2.33. The molecule has 3 rings (SSSR count). The van der Waals surface area contributed by atoms with Crippen molar-refractivity contribution >= 4 is 33.1 Å². The minimum absolute atomic E-state index is 0.0500. The molecule has 0 bridgehead atoms. The van der Waals surface area contributed by atoms with E-state index in [0.29, 0.717) is 36.8 Å². The Morgan fingerprint density at radius 2 is 1.93 bits per heavy atom. The molecule has 1 heterocycles. The summed E-state index contributed by atoms with van der Waals surface area (Å²) in [6.45, 7) is 2.17. The molecule has 0 radical (unpaired) electrons. The van der Waals surface area contributed by atoms with Crippen LogP contribution in [0.25, 0.3) is 0 Å². The van der Waals surface area contributed by atoms with Crippen molar-refractivity contribution in [2.75, 3.05) is 27.2 Å². The summed E-state index contributed by atoms with van der Waals surface area (Å²) < 4.78 is 52.7. The van der Waals surface area contributed by atoms with Crippen LogP contribution in [0.5, 0.6) is 0 Å². The Hall–Kier alpha value is -2.68. The first-order valence-corrected chi connectivity index (χ1v) is 10.1. The van der Waals surface area contributed by atoms with Gasteiger partial charge in [0.15, 0.2) is 0 Å². The molecule has 6 nitrogen and oxygen atoms in total. The molecule has 0 atom stereocenters. The lowest BCUT2D eigenvalue weighted by Crippen LogP contribution is -2.31. The highest BCUT2D eigenvalue weighted by atomic mass is 32.2. The van der Waals surface area contributed by atoms with Crippen LogP contribution in [0.2, 0.25) is 0 Å². The van der Waals surface area contributed by atoms with E-state index < -0.39 is 27.7 Å². The van der Waals surface area contributed by atoms with Gasteiger partial charge < -0.3 is 10.6 Å². The van der Waals surface area contributed by atoms with Crippen LogP contribution in [0.1, 0.15) is 18.9 Å². The molecule has 2 amide bonds. The van der Waals surface area contributed by atoms with Gasteiger partial charge in [-0.25, -0.2) is 22.0 Å². The van der Waals surface area contributed by atoms with E-state index in [2.05, 4.69) is 10.6 Å². The SMILES string of the molecule is CCCS(=O)(=O)N1CCc2ccc(NC(=O)Nc3ccc(F)cc3F)cc21. The molecular formula is C18H19F2N3O3S. The number of anilines is 3. The lowest BCUT2D eigenvalue weighted by molar-refractivity contribution is 0.262. The summed E-state index contributed by atoms with van der Waals surface area (Å²) in [4.78, 5) is 12.1. The zero-order valence-electron chi connectivity index (χ0n) is 14.6. The van der Waals surface area contributed by atoms with Crippen molar-refractivity contribution in [1.82, 2.24) is 0 Å². The number of carbonyl (C=O) groups is 1. The molecule has 144 valence electrons. The van der Waals surface area contributed by atoms with Gasteiger partial charge in [0.05, 0.1) is 17.1 Å². The van der Waals surface area contributed by atoms with Gasteiger partial charge in [-0.15, -0.1) is 0 Å². The van der Waals surface area contributed by atoms with Crippen molar-refractivity contribution in [3.05, 3.63) is 53.6 Å². The molecule has 0 saturated heterocycles. The minimum atomic E-state index is -3.41. The predicted molar refractivity (Wildman–Crippen MR) is 101 cm³/mol. The molecular weight excluding hydrogens is 376 g/mol. The molecule has 0 fully saturated rings. The molecule has 0 aliphatic carbocycles. The van der Waals surface area contributed by atoms with Gasteiger partial charge in [0.2, 0.25) is 10.0 Å². The Morgan fingerprint density at radius 3 is 2.63 bits per heavy atom. The predicted octanol–water partition coefficient (Wildman–Crippen LogP) is 3.71. The van der Waals surface area contributed by atoms with Crippen LogP contribution in [0.3, 0.4) is 0 Å². The number of sulfonamides is 1. The third kappa shape index (κ3) is 4.19. The number of halogens is 2. The van der Waals surface area contributed by atoms with Gasteiger partial charge in [0.25, 0.3) is 0 Å². The second-order valence-corrected chi connectivity index (χ2v) is 8.20. The van der Waals surface area contributed by atoms with Crippen LogP contribution in [0.4, 0.5) is 30.6 Å². The number of hydrogen-bond donors (Lipinski definition) is 2. The maximum atomic E-state index is 13.6. The largest absolute Gasteiger partial charge is 0.323 e. The van der Waals surface area contributed by atoms with Crippen LogP contribution in [0, 0.1) is 11.6 Å². The number of carbonyl (C=O) groups excluding carboxylic acids is 1. The normalized spacial score (nSPS) is 13.4. The summed E-state index contributed by atoms with van der Waals surface area (Å²) in [7, 11) is -3.41. The molecule has 0 unspecified atom stereocenters. The monoisotopic (exact) mass is 395 g/mol. The van der Waals surface area contributed by atoms with Gasteiger partial charge in [-0.2, -0.15) is 0 Å². The van der Waals surface area contributed by atoms with Crippen molar-refractivity contribution in [1.29, 1.82) is 0 Å². The van der Waals surface area contributed by atoms with E-state index in [-0.39, 0.29) is 11.4 Å². The smallest absolute Gasteiger partial charge is 0.308 e. The Bertz CT molecular complexity index is 980. The lowest BCUT2D eigenvalue weighted by atomic mass is 10.1. The molecule has 2 aromatic rings. The standard InChI is InChI=1S/C18H19F2N3O3S/c1-2-9-27(25,26)23-8-7-12-3-5-14(11-17(12)23)21-18(24)22-16-6-4-13(19)10-15(16)20/h3-6,10-11H,2,7-9H2,1H3,(H2,21,22,24). The second-order valence-electron chi connectivity index (χ2n) is 6.18. The summed E-state index contributed by atoms with van der Waals surface area (Å²) in [6, 6.07) is 7.08. The van der Waals surface area contributed by atoms with Crippen LogP contribution in [-0.2, 0) is 16.4 Å². The van der Waals surface area contributed by atoms with Gasteiger partial charge in [-0.05, 0) is 42.7 Å². The van der Waals surface area contributed by atoms with Crippen LogP contribution < -0.4 is 14.9 Å². The number of nitrogens with zero attached hydrogens (tertiary/aromatic N) is 1. The van der Waals surface area contributed by atoms with E-state index in [9.17, 15) is 22.0 Å². The second kappa shape index (κ2) is 7.51. The maximum absolute atomic E-state index is 13.6. The van der Waals surface area contributed by atoms with Crippen molar-refractivity contribution in [3.63, 3.8) is 0 Å². The van der Waals surface area contributed by atoms with Crippen molar-refractivity contribution in [2.24, 2.45) is 0 Å². The number of amides is 2. The summed E-state index contributed by atoms with van der Waals surface area (Å²) in [6.07, 6.45) is 1.11. The summed E-state index contributed by atoms with van der Waals surface area (Å²) in [5, 5.41) is 4.83. The van der Waals surface area contributed by atoms with Crippen molar-refractivity contribution in [2.45, 2.75) is 19.8 Å². The highest BCUT2D eigenvalue weighted by molar-refractivity contribution is 7.92. The van der Waals surface area contributed by atoms with E-state index in [1.165, 1.54) is 4.31 Å². The van der Waals surface area contributed by atoms with E-state index >= 15 is 0 Å². The molecule has 2 N–H and O–H groups in total. The average molecular weight is 395 g/mol. The van der Waals surface area contributed by atoms with E-state index in [1.54, 1.807) is 25.1 Å². The quantitative estimate of drug-likeness (QED) is 0.810. The Balaban J connectivity index is 1.76. The first kappa shape index (κ1) is 19.1. The maximum Gasteiger partial charge on any atom is 0.323 e. The Morgan fingerprint density at radius 1 is 1.15 bits per heavy atom. The molecule has 9 heteroatoms. The topological polar surface area (TPSA) is 78.5 Å². The molecule has 2 aromatic carbocycles. The van der Waals surface area contributed by atoms with E-state index in [1.807, 2.05) is 0 Å². The molecule has 0 saturated carbocycles. The van der Waals surface area contributed by atoms with Crippen molar-refractivity contribution in [3.8, 4) is 0 Å². The third-order valence-corrected chi connectivity index (χ3v) is 6.15. The number of rotatable bonds is 5. The number of benzene rings is 2.